The lowest BCUT2D eigenvalue weighted by Gasteiger charge is -1.99. The highest BCUT2D eigenvalue weighted by molar-refractivity contribution is 5.78. The minimum atomic E-state index is 0.330. The second-order valence-electron chi connectivity index (χ2n) is 5.43. The summed E-state index contributed by atoms with van der Waals surface area (Å²) < 4.78 is 10.7. The van der Waals surface area contributed by atoms with Gasteiger partial charge in [0.05, 0.1) is 12.5 Å². The highest BCUT2D eigenvalue weighted by atomic mass is 16.3. The molecule has 0 radical (unpaired) electrons. The Morgan fingerprint density at radius 3 is 1.70 bits per heavy atom. The van der Waals surface area contributed by atoms with Crippen LogP contribution in [-0.4, -0.2) is 5.78 Å². The van der Waals surface area contributed by atoms with Crippen LogP contribution >= 0.6 is 0 Å². The molecule has 20 heavy (non-hydrogen) atoms. The fraction of sp³-hybridized carbons (Fsp3) is 0.471. The van der Waals surface area contributed by atoms with Gasteiger partial charge in [0.2, 0.25) is 0 Å². The standard InChI is InChI=1S/C17H22O3/c1-13-9-16(19-11-13)7-3-5-15(18)6-4-8-17-10-14(2)12-20-17/h9-12H,3-8H2,1-2H3. The van der Waals surface area contributed by atoms with Crippen LogP contribution in [0.3, 0.4) is 0 Å². The average Bonchev–Trinajstić information content (AvgIpc) is 2.99. The van der Waals surface area contributed by atoms with Gasteiger partial charge in [-0.2, -0.15) is 0 Å². The maximum atomic E-state index is 11.8. The minimum absolute atomic E-state index is 0.330. The maximum Gasteiger partial charge on any atom is 0.132 e. The summed E-state index contributed by atoms with van der Waals surface area (Å²) in [5.74, 6) is 2.28. The Morgan fingerprint density at radius 2 is 1.35 bits per heavy atom. The van der Waals surface area contributed by atoms with Crippen molar-refractivity contribution in [2.24, 2.45) is 0 Å². The summed E-state index contributed by atoms with van der Waals surface area (Å²) in [6, 6.07) is 4.06. The summed E-state index contributed by atoms with van der Waals surface area (Å²) in [7, 11) is 0. The van der Waals surface area contributed by atoms with Crippen molar-refractivity contribution in [3.63, 3.8) is 0 Å². The van der Waals surface area contributed by atoms with Crippen LogP contribution in [0, 0.1) is 13.8 Å². The molecule has 0 aliphatic carbocycles. The number of hydrogen-bond acceptors (Lipinski definition) is 3. The zero-order valence-electron chi connectivity index (χ0n) is 12.3. The van der Waals surface area contributed by atoms with Gasteiger partial charge in [0.1, 0.15) is 17.3 Å². The molecule has 0 aliphatic rings. The second-order valence-corrected chi connectivity index (χ2v) is 5.43. The van der Waals surface area contributed by atoms with Crippen molar-refractivity contribution in [3.05, 3.63) is 47.3 Å². The van der Waals surface area contributed by atoms with Crippen molar-refractivity contribution >= 4 is 5.78 Å². The van der Waals surface area contributed by atoms with Gasteiger partial charge < -0.3 is 8.83 Å². The molecule has 2 rings (SSSR count). The van der Waals surface area contributed by atoms with E-state index < -0.39 is 0 Å². The summed E-state index contributed by atoms with van der Waals surface area (Å²) >= 11 is 0. The molecule has 2 aromatic rings. The number of carbonyl (C=O) groups is 1. The number of aryl methyl sites for hydroxylation is 4. The Balaban J connectivity index is 1.58. The SMILES string of the molecule is Cc1coc(CCCC(=O)CCCc2cc(C)co2)c1. The molecule has 0 N–H and O–H groups in total. The van der Waals surface area contributed by atoms with E-state index in [1.807, 2.05) is 26.0 Å². The van der Waals surface area contributed by atoms with E-state index >= 15 is 0 Å². The van der Waals surface area contributed by atoms with E-state index in [-0.39, 0.29) is 0 Å². The average molecular weight is 274 g/mol. The van der Waals surface area contributed by atoms with E-state index in [1.165, 1.54) is 0 Å². The van der Waals surface area contributed by atoms with Gasteiger partial charge in [0.15, 0.2) is 0 Å². The zero-order valence-corrected chi connectivity index (χ0v) is 12.3. The first-order chi connectivity index (χ1) is 9.63. The number of furan rings is 2. The van der Waals surface area contributed by atoms with Crippen LogP contribution in [0.5, 0.6) is 0 Å². The highest BCUT2D eigenvalue weighted by Crippen LogP contribution is 2.13. The van der Waals surface area contributed by atoms with E-state index in [2.05, 4.69) is 0 Å². The first kappa shape index (κ1) is 14.6. The normalized spacial score (nSPS) is 10.9. The van der Waals surface area contributed by atoms with Gasteiger partial charge in [-0.25, -0.2) is 0 Å². The van der Waals surface area contributed by atoms with Crippen LogP contribution in [0.25, 0.3) is 0 Å². The molecule has 2 aromatic heterocycles. The molecule has 0 atom stereocenters. The van der Waals surface area contributed by atoms with E-state index in [1.54, 1.807) is 12.5 Å². The fourth-order valence-corrected chi connectivity index (χ4v) is 2.29. The van der Waals surface area contributed by atoms with Crippen LogP contribution in [0.4, 0.5) is 0 Å². The summed E-state index contributed by atoms with van der Waals surface area (Å²) in [6.45, 7) is 4.02. The fourth-order valence-electron chi connectivity index (χ4n) is 2.29. The van der Waals surface area contributed by atoms with Crippen molar-refractivity contribution in [2.45, 2.75) is 52.4 Å². The lowest BCUT2D eigenvalue weighted by molar-refractivity contribution is -0.119. The van der Waals surface area contributed by atoms with Crippen LogP contribution in [0.1, 0.15) is 48.3 Å². The third-order valence-corrected chi connectivity index (χ3v) is 3.33. The molecule has 2 heterocycles. The van der Waals surface area contributed by atoms with Crippen LogP contribution < -0.4 is 0 Å². The maximum absolute atomic E-state index is 11.8. The van der Waals surface area contributed by atoms with Crippen molar-refractivity contribution < 1.29 is 13.6 Å². The van der Waals surface area contributed by atoms with Crippen molar-refractivity contribution in [3.8, 4) is 0 Å². The molecule has 0 spiro atoms. The summed E-state index contributed by atoms with van der Waals surface area (Å²) in [5.41, 5.74) is 2.28. The molecule has 3 heteroatoms. The van der Waals surface area contributed by atoms with E-state index in [9.17, 15) is 4.79 Å². The van der Waals surface area contributed by atoms with Crippen molar-refractivity contribution in [2.75, 3.05) is 0 Å². The number of Topliss-reactive ketones (excluding diaryl/α,β-unsaturated/α-hetero) is 1. The van der Waals surface area contributed by atoms with Gasteiger partial charge in [-0.05, 0) is 49.9 Å². The molecule has 0 bridgehead atoms. The van der Waals surface area contributed by atoms with Crippen LogP contribution in [0.15, 0.2) is 33.5 Å². The predicted molar refractivity (Wildman–Crippen MR) is 77.8 cm³/mol. The van der Waals surface area contributed by atoms with Gasteiger partial charge in [-0.3, -0.25) is 4.79 Å². The van der Waals surface area contributed by atoms with Gasteiger partial charge in [-0.15, -0.1) is 0 Å². The molecule has 108 valence electrons. The summed E-state index contributed by atoms with van der Waals surface area (Å²) in [5, 5.41) is 0. The Bertz CT molecular complexity index is 500. The topological polar surface area (TPSA) is 43.4 Å². The first-order valence-corrected chi connectivity index (χ1v) is 7.23. The van der Waals surface area contributed by atoms with Crippen molar-refractivity contribution in [1.82, 2.24) is 0 Å². The molecule has 0 aliphatic heterocycles. The number of rotatable bonds is 8. The van der Waals surface area contributed by atoms with Crippen LogP contribution in [-0.2, 0) is 17.6 Å². The molecule has 0 saturated carbocycles. The Kier molecular flexibility index (Phi) is 5.22. The highest BCUT2D eigenvalue weighted by Gasteiger charge is 2.05. The molecule has 3 nitrogen and oxygen atoms in total. The lowest BCUT2D eigenvalue weighted by atomic mass is 10.1. The van der Waals surface area contributed by atoms with E-state index in [0.717, 1.165) is 48.3 Å². The predicted octanol–water partition coefficient (Wildman–Crippen LogP) is 4.40. The van der Waals surface area contributed by atoms with Crippen LogP contribution in [0.2, 0.25) is 0 Å². The first-order valence-electron chi connectivity index (χ1n) is 7.23. The molecule has 0 amide bonds. The van der Waals surface area contributed by atoms with Gasteiger partial charge >= 0.3 is 0 Å². The number of hydrogen-bond donors (Lipinski definition) is 0. The molecular weight excluding hydrogens is 252 g/mol. The van der Waals surface area contributed by atoms with Gasteiger partial charge in [0, 0.05) is 25.7 Å². The Labute approximate surface area is 120 Å². The Morgan fingerprint density at radius 1 is 0.900 bits per heavy atom. The van der Waals surface area contributed by atoms with E-state index in [4.69, 9.17) is 8.83 Å². The summed E-state index contributed by atoms with van der Waals surface area (Å²) in [4.78, 5) is 11.8. The molecule has 0 aromatic carbocycles. The van der Waals surface area contributed by atoms with E-state index in [0.29, 0.717) is 18.6 Å². The zero-order chi connectivity index (χ0) is 14.4. The smallest absolute Gasteiger partial charge is 0.132 e. The third kappa shape index (κ3) is 4.72. The molecule has 0 saturated heterocycles. The quantitative estimate of drug-likeness (QED) is 0.716. The number of ketones is 1. The monoisotopic (exact) mass is 274 g/mol. The number of carbonyl (C=O) groups excluding carboxylic acids is 1. The van der Waals surface area contributed by atoms with Crippen molar-refractivity contribution in [1.29, 1.82) is 0 Å². The lowest BCUT2D eigenvalue weighted by Crippen LogP contribution is -1.99. The second kappa shape index (κ2) is 7.13. The largest absolute Gasteiger partial charge is 0.469 e. The third-order valence-electron chi connectivity index (χ3n) is 3.33. The minimum Gasteiger partial charge on any atom is -0.469 e. The van der Waals surface area contributed by atoms with Gasteiger partial charge in [-0.1, -0.05) is 0 Å². The molecule has 0 unspecified atom stereocenters. The molecule has 0 fully saturated rings. The summed E-state index contributed by atoms with van der Waals surface area (Å²) in [6.07, 6.45) is 8.20. The Hall–Kier alpha value is -1.77. The molecular formula is C17H22O3. The van der Waals surface area contributed by atoms with Gasteiger partial charge in [0.25, 0.3) is 0 Å².